The fourth-order valence-electron chi connectivity index (χ4n) is 2.33. The molecule has 0 saturated carbocycles. The van der Waals surface area contributed by atoms with Gasteiger partial charge in [-0.05, 0) is 32.0 Å². The molecule has 0 bridgehead atoms. The zero-order chi connectivity index (χ0) is 20.5. The molecule has 2 aromatic rings. The molecule has 0 radical (unpaired) electrons. The molecule has 0 unspecified atom stereocenters. The molecule has 0 atom stereocenters. The summed E-state index contributed by atoms with van der Waals surface area (Å²) < 4.78 is 26.0. The van der Waals surface area contributed by atoms with Gasteiger partial charge in [-0.1, -0.05) is 5.16 Å². The van der Waals surface area contributed by atoms with Gasteiger partial charge >= 0.3 is 5.97 Å². The lowest BCUT2D eigenvalue weighted by molar-refractivity contribution is -0.124. The van der Waals surface area contributed by atoms with Gasteiger partial charge in [-0.2, -0.15) is 0 Å². The zero-order valence-electron chi connectivity index (χ0n) is 16.4. The Kier molecular flexibility index (Phi) is 7.82. The fourth-order valence-corrected chi connectivity index (χ4v) is 2.33. The van der Waals surface area contributed by atoms with Gasteiger partial charge in [0.1, 0.15) is 12.4 Å². The second kappa shape index (κ2) is 10.3. The third-order valence-corrected chi connectivity index (χ3v) is 3.92. The number of carbonyl (C=O) groups is 2. The third-order valence-electron chi connectivity index (χ3n) is 3.92. The Bertz CT molecular complexity index is 797. The van der Waals surface area contributed by atoms with Gasteiger partial charge in [0, 0.05) is 13.7 Å². The molecular formula is C19H24N2O7. The maximum absolute atomic E-state index is 12.1. The van der Waals surface area contributed by atoms with Crippen LogP contribution < -0.4 is 14.8 Å². The van der Waals surface area contributed by atoms with Crippen LogP contribution in [0.2, 0.25) is 0 Å². The summed E-state index contributed by atoms with van der Waals surface area (Å²) in [6, 6.07) is 4.64. The van der Waals surface area contributed by atoms with E-state index in [-0.39, 0.29) is 18.8 Å². The SMILES string of the molecule is COCCNC(=O)COC(=O)c1ccc(OCc2c(C)noc2C)c(OC)c1. The predicted molar refractivity (Wildman–Crippen MR) is 98.5 cm³/mol. The molecule has 2 rings (SSSR count). The van der Waals surface area contributed by atoms with Gasteiger partial charge < -0.3 is 28.8 Å². The number of hydrogen-bond acceptors (Lipinski definition) is 8. The minimum atomic E-state index is -0.641. The summed E-state index contributed by atoms with van der Waals surface area (Å²) in [5.41, 5.74) is 1.84. The number of aryl methyl sites for hydroxylation is 2. The number of rotatable bonds is 10. The summed E-state index contributed by atoms with van der Waals surface area (Å²) in [5.74, 6) is 0.455. The van der Waals surface area contributed by atoms with E-state index in [4.69, 9.17) is 23.5 Å². The Morgan fingerprint density at radius 2 is 1.96 bits per heavy atom. The molecule has 1 heterocycles. The molecule has 0 aliphatic rings. The number of aromatic nitrogens is 1. The van der Waals surface area contributed by atoms with E-state index in [1.165, 1.54) is 26.4 Å². The first-order valence-corrected chi connectivity index (χ1v) is 8.61. The van der Waals surface area contributed by atoms with Crippen molar-refractivity contribution in [1.82, 2.24) is 10.5 Å². The van der Waals surface area contributed by atoms with Crippen molar-refractivity contribution in [3.8, 4) is 11.5 Å². The van der Waals surface area contributed by atoms with Gasteiger partial charge in [-0.15, -0.1) is 0 Å². The lowest BCUT2D eigenvalue weighted by Crippen LogP contribution is -2.31. The standard InChI is InChI=1S/C19H24N2O7/c1-12-15(13(2)28-21-12)10-26-16-6-5-14(9-17(16)25-4)19(23)27-11-18(22)20-7-8-24-3/h5-6,9H,7-8,10-11H2,1-4H3,(H,20,22). The number of amides is 1. The zero-order valence-corrected chi connectivity index (χ0v) is 16.4. The molecule has 1 N–H and O–H groups in total. The van der Waals surface area contributed by atoms with Crippen LogP contribution in [0.4, 0.5) is 0 Å². The molecular weight excluding hydrogens is 368 g/mol. The van der Waals surface area contributed by atoms with Gasteiger partial charge in [-0.3, -0.25) is 4.79 Å². The quantitative estimate of drug-likeness (QED) is 0.482. The molecule has 0 aliphatic heterocycles. The third kappa shape index (κ3) is 5.71. The van der Waals surface area contributed by atoms with E-state index in [0.717, 1.165) is 11.3 Å². The minimum absolute atomic E-state index is 0.242. The molecule has 1 aromatic carbocycles. The Labute approximate surface area is 162 Å². The van der Waals surface area contributed by atoms with Crippen LogP contribution in [-0.2, 0) is 20.9 Å². The first-order valence-electron chi connectivity index (χ1n) is 8.61. The van der Waals surface area contributed by atoms with Gasteiger partial charge in [0.2, 0.25) is 0 Å². The van der Waals surface area contributed by atoms with E-state index in [2.05, 4.69) is 10.5 Å². The van der Waals surface area contributed by atoms with Gasteiger partial charge in [0.25, 0.3) is 5.91 Å². The topological polar surface area (TPSA) is 109 Å². The van der Waals surface area contributed by atoms with Crippen LogP contribution in [0.1, 0.15) is 27.4 Å². The lowest BCUT2D eigenvalue weighted by Gasteiger charge is -2.12. The Morgan fingerprint density at radius 3 is 2.61 bits per heavy atom. The number of hydrogen-bond donors (Lipinski definition) is 1. The number of nitrogens with one attached hydrogen (secondary N) is 1. The number of carbonyl (C=O) groups excluding carboxylic acids is 2. The summed E-state index contributed by atoms with van der Waals surface area (Å²) in [7, 11) is 3.00. The Balaban J connectivity index is 1.96. The normalized spacial score (nSPS) is 10.4. The number of esters is 1. The Hall–Kier alpha value is -3.07. The second-order valence-corrected chi connectivity index (χ2v) is 5.88. The molecule has 0 spiro atoms. The van der Waals surface area contributed by atoms with Crippen molar-refractivity contribution in [1.29, 1.82) is 0 Å². The minimum Gasteiger partial charge on any atom is -0.493 e. The molecule has 0 aliphatic carbocycles. The van der Waals surface area contributed by atoms with Crippen LogP contribution in [0, 0.1) is 13.8 Å². The number of methoxy groups -OCH3 is 2. The van der Waals surface area contributed by atoms with Crippen LogP contribution >= 0.6 is 0 Å². The van der Waals surface area contributed by atoms with Crippen molar-refractivity contribution < 1.29 is 33.1 Å². The van der Waals surface area contributed by atoms with Crippen molar-refractivity contribution in [2.45, 2.75) is 20.5 Å². The maximum Gasteiger partial charge on any atom is 0.338 e. The van der Waals surface area contributed by atoms with E-state index >= 15 is 0 Å². The number of benzene rings is 1. The van der Waals surface area contributed by atoms with Crippen LogP contribution in [0.15, 0.2) is 22.7 Å². The highest BCUT2D eigenvalue weighted by Crippen LogP contribution is 2.29. The average Bonchev–Trinajstić information content (AvgIpc) is 3.02. The van der Waals surface area contributed by atoms with Crippen molar-refractivity contribution in [3.05, 3.63) is 40.8 Å². The van der Waals surface area contributed by atoms with Crippen molar-refractivity contribution in [2.24, 2.45) is 0 Å². The highest BCUT2D eigenvalue weighted by molar-refractivity contribution is 5.92. The monoisotopic (exact) mass is 392 g/mol. The summed E-state index contributed by atoms with van der Waals surface area (Å²) in [5, 5.41) is 6.44. The van der Waals surface area contributed by atoms with E-state index in [1.54, 1.807) is 13.0 Å². The highest BCUT2D eigenvalue weighted by Gasteiger charge is 2.15. The molecule has 9 heteroatoms. The first kappa shape index (κ1) is 21.2. The average molecular weight is 392 g/mol. The van der Waals surface area contributed by atoms with Gasteiger partial charge in [0.15, 0.2) is 18.1 Å². The summed E-state index contributed by atoms with van der Waals surface area (Å²) in [6.07, 6.45) is 0. The number of ether oxygens (including phenoxy) is 4. The summed E-state index contributed by atoms with van der Waals surface area (Å²) in [6.45, 7) is 4.24. The first-order chi connectivity index (χ1) is 13.5. The largest absolute Gasteiger partial charge is 0.493 e. The number of nitrogens with zero attached hydrogens (tertiary/aromatic N) is 1. The molecule has 0 fully saturated rings. The molecule has 1 aromatic heterocycles. The smallest absolute Gasteiger partial charge is 0.338 e. The fraction of sp³-hybridized carbons (Fsp3) is 0.421. The van der Waals surface area contributed by atoms with Crippen LogP contribution in [0.5, 0.6) is 11.5 Å². The lowest BCUT2D eigenvalue weighted by atomic mass is 10.2. The van der Waals surface area contributed by atoms with Gasteiger partial charge in [0.05, 0.1) is 30.5 Å². The molecule has 152 valence electrons. The summed E-state index contributed by atoms with van der Waals surface area (Å²) >= 11 is 0. The van der Waals surface area contributed by atoms with E-state index in [1.807, 2.05) is 6.92 Å². The second-order valence-electron chi connectivity index (χ2n) is 5.88. The molecule has 9 nitrogen and oxygen atoms in total. The van der Waals surface area contributed by atoms with Gasteiger partial charge in [-0.25, -0.2) is 4.79 Å². The van der Waals surface area contributed by atoms with E-state index in [0.29, 0.717) is 30.4 Å². The maximum atomic E-state index is 12.1. The van der Waals surface area contributed by atoms with E-state index < -0.39 is 11.9 Å². The molecule has 1 amide bonds. The Morgan fingerprint density at radius 1 is 1.18 bits per heavy atom. The molecule has 0 saturated heterocycles. The predicted octanol–water partition coefficient (Wildman–Crippen LogP) is 1.80. The highest BCUT2D eigenvalue weighted by atomic mass is 16.5. The van der Waals surface area contributed by atoms with Crippen molar-refractivity contribution in [2.75, 3.05) is 34.0 Å². The molecule has 28 heavy (non-hydrogen) atoms. The van der Waals surface area contributed by atoms with Crippen molar-refractivity contribution in [3.63, 3.8) is 0 Å². The summed E-state index contributed by atoms with van der Waals surface area (Å²) in [4.78, 5) is 23.7. The van der Waals surface area contributed by atoms with Crippen LogP contribution in [0.25, 0.3) is 0 Å². The van der Waals surface area contributed by atoms with Crippen LogP contribution in [0.3, 0.4) is 0 Å². The van der Waals surface area contributed by atoms with E-state index in [9.17, 15) is 9.59 Å². The van der Waals surface area contributed by atoms with Crippen molar-refractivity contribution >= 4 is 11.9 Å². The van der Waals surface area contributed by atoms with Crippen LogP contribution in [-0.4, -0.2) is 51.0 Å².